The van der Waals surface area contributed by atoms with Gasteiger partial charge in [-0.3, -0.25) is 9.78 Å². The average Bonchev–Trinajstić information content (AvgIpc) is 3.03. The van der Waals surface area contributed by atoms with Crippen LogP contribution in [-0.4, -0.2) is 33.5 Å². The highest BCUT2D eigenvalue weighted by Crippen LogP contribution is 2.01. The lowest BCUT2D eigenvalue weighted by atomic mass is 10.2. The predicted molar refractivity (Wildman–Crippen MR) is 79.3 cm³/mol. The molecule has 0 saturated heterocycles. The predicted octanol–water partition coefficient (Wildman–Crippen LogP) is 0.408. The van der Waals surface area contributed by atoms with Gasteiger partial charge in [-0.1, -0.05) is 11.8 Å². The van der Waals surface area contributed by atoms with E-state index in [4.69, 9.17) is 5.73 Å². The van der Waals surface area contributed by atoms with Crippen LogP contribution in [0.4, 0.5) is 0 Å². The Balaban J connectivity index is 1.82. The monoisotopic (exact) mass is 283 g/mol. The van der Waals surface area contributed by atoms with Gasteiger partial charge < -0.3 is 15.6 Å². The molecule has 2 rings (SSSR count). The standard InChI is InChI=1S/C15H17N5O/c16-4-1-3-13-9-14(11-18-10-13)15(21)19-5-2-7-20-8-6-17-12-20/h6,8-12H,2,4-5,7,16H2,(H,19,21). The SMILES string of the molecule is NCC#Cc1cncc(C(=O)NCCCn2ccnc2)c1. The quantitative estimate of drug-likeness (QED) is 0.614. The van der Waals surface area contributed by atoms with E-state index in [-0.39, 0.29) is 12.5 Å². The van der Waals surface area contributed by atoms with Crippen LogP contribution in [0.3, 0.4) is 0 Å². The summed E-state index contributed by atoms with van der Waals surface area (Å²) in [7, 11) is 0. The number of aryl methyl sites for hydroxylation is 1. The molecule has 108 valence electrons. The fraction of sp³-hybridized carbons (Fsp3) is 0.267. The lowest BCUT2D eigenvalue weighted by Crippen LogP contribution is -2.25. The molecule has 0 spiro atoms. The third kappa shape index (κ3) is 4.75. The van der Waals surface area contributed by atoms with E-state index in [9.17, 15) is 4.79 Å². The number of rotatable bonds is 5. The van der Waals surface area contributed by atoms with Gasteiger partial charge >= 0.3 is 0 Å². The van der Waals surface area contributed by atoms with Crippen molar-refractivity contribution in [3.63, 3.8) is 0 Å². The fourth-order valence-electron chi connectivity index (χ4n) is 1.77. The van der Waals surface area contributed by atoms with Crippen LogP contribution in [0.2, 0.25) is 0 Å². The molecular formula is C15H17N5O. The second-order valence-corrected chi connectivity index (χ2v) is 4.38. The molecule has 2 heterocycles. The van der Waals surface area contributed by atoms with Crippen molar-refractivity contribution >= 4 is 5.91 Å². The number of carbonyl (C=O) groups is 1. The Labute approximate surface area is 123 Å². The van der Waals surface area contributed by atoms with E-state index in [1.807, 2.05) is 10.8 Å². The third-order valence-electron chi connectivity index (χ3n) is 2.77. The third-order valence-corrected chi connectivity index (χ3v) is 2.77. The molecule has 0 aliphatic heterocycles. The first-order valence-electron chi connectivity index (χ1n) is 6.67. The van der Waals surface area contributed by atoms with Crippen LogP contribution in [0, 0.1) is 11.8 Å². The van der Waals surface area contributed by atoms with Crippen LogP contribution in [-0.2, 0) is 6.54 Å². The molecule has 0 aliphatic carbocycles. The number of amides is 1. The normalized spacial score (nSPS) is 9.76. The van der Waals surface area contributed by atoms with Crippen molar-refractivity contribution in [3.8, 4) is 11.8 Å². The van der Waals surface area contributed by atoms with Crippen molar-refractivity contribution < 1.29 is 4.79 Å². The van der Waals surface area contributed by atoms with Gasteiger partial charge in [0.1, 0.15) is 0 Å². The highest BCUT2D eigenvalue weighted by Gasteiger charge is 2.05. The van der Waals surface area contributed by atoms with E-state index in [0.717, 1.165) is 13.0 Å². The molecule has 0 aliphatic rings. The van der Waals surface area contributed by atoms with Crippen LogP contribution in [0.1, 0.15) is 22.3 Å². The molecule has 3 N–H and O–H groups in total. The number of hydrogen-bond donors (Lipinski definition) is 2. The van der Waals surface area contributed by atoms with E-state index >= 15 is 0 Å². The summed E-state index contributed by atoms with van der Waals surface area (Å²) < 4.78 is 1.97. The Morgan fingerprint density at radius 1 is 1.38 bits per heavy atom. The summed E-state index contributed by atoms with van der Waals surface area (Å²) in [5, 5.41) is 2.86. The minimum absolute atomic E-state index is 0.149. The molecule has 6 heteroatoms. The topological polar surface area (TPSA) is 85.8 Å². The van der Waals surface area contributed by atoms with Gasteiger partial charge in [0.05, 0.1) is 18.4 Å². The van der Waals surface area contributed by atoms with Gasteiger partial charge in [-0.15, -0.1) is 0 Å². The smallest absolute Gasteiger partial charge is 0.252 e. The summed E-state index contributed by atoms with van der Waals surface area (Å²) in [6, 6.07) is 1.71. The van der Waals surface area contributed by atoms with E-state index in [1.54, 1.807) is 24.8 Å². The molecule has 0 atom stereocenters. The first-order chi connectivity index (χ1) is 10.3. The first-order valence-corrected chi connectivity index (χ1v) is 6.67. The zero-order chi connectivity index (χ0) is 14.9. The summed E-state index contributed by atoms with van der Waals surface area (Å²) in [4.78, 5) is 20.0. The molecule has 0 aromatic carbocycles. The van der Waals surface area contributed by atoms with Gasteiger partial charge in [0.15, 0.2) is 0 Å². The Bertz CT molecular complexity index is 640. The summed E-state index contributed by atoms with van der Waals surface area (Å²) in [6.07, 6.45) is 9.36. The fourth-order valence-corrected chi connectivity index (χ4v) is 1.77. The maximum atomic E-state index is 12.0. The lowest BCUT2D eigenvalue weighted by Gasteiger charge is -2.05. The van der Waals surface area contributed by atoms with Gasteiger partial charge in [-0.2, -0.15) is 0 Å². The Morgan fingerprint density at radius 3 is 3.05 bits per heavy atom. The van der Waals surface area contributed by atoms with Gasteiger partial charge in [0.2, 0.25) is 0 Å². The number of pyridine rings is 1. The van der Waals surface area contributed by atoms with E-state index in [1.165, 1.54) is 6.20 Å². The molecule has 6 nitrogen and oxygen atoms in total. The van der Waals surface area contributed by atoms with Gasteiger partial charge in [-0.05, 0) is 12.5 Å². The minimum atomic E-state index is -0.149. The van der Waals surface area contributed by atoms with E-state index in [0.29, 0.717) is 17.7 Å². The minimum Gasteiger partial charge on any atom is -0.352 e. The zero-order valence-corrected chi connectivity index (χ0v) is 11.6. The van der Waals surface area contributed by atoms with Crippen molar-refractivity contribution in [2.24, 2.45) is 5.73 Å². The Morgan fingerprint density at radius 2 is 2.29 bits per heavy atom. The van der Waals surface area contributed by atoms with Gasteiger partial charge in [0.25, 0.3) is 5.91 Å². The number of carbonyl (C=O) groups excluding carboxylic acids is 1. The van der Waals surface area contributed by atoms with Gasteiger partial charge in [-0.25, -0.2) is 4.98 Å². The number of aromatic nitrogens is 3. The number of nitrogens with zero attached hydrogens (tertiary/aromatic N) is 3. The van der Waals surface area contributed by atoms with E-state index < -0.39 is 0 Å². The highest BCUT2D eigenvalue weighted by atomic mass is 16.1. The molecular weight excluding hydrogens is 266 g/mol. The maximum absolute atomic E-state index is 12.0. The zero-order valence-electron chi connectivity index (χ0n) is 11.6. The number of nitrogens with one attached hydrogen (secondary N) is 1. The first kappa shape index (κ1) is 14.8. The number of imidazole rings is 1. The molecule has 0 fully saturated rings. The van der Waals surface area contributed by atoms with Crippen molar-refractivity contribution in [1.82, 2.24) is 19.9 Å². The van der Waals surface area contributed by atoms with Crippen molar-refractivity contribution in [3.05, 3.63) is 48.3 Å². The Kier molecular flexibility index (Phi) is 5.50. The molecule has 2 aromatic heterocycles. The highest BCUT2D eigenvalue weighted by molar-refractivity contribution is 5.94. The Hall–Kier alpha value is -2.65. The van der Waals surface area contributed by atoms with Crippen LogP contribution in [0.5, 0.6) is 0 Å². The van der Waals surface area contributed by atoms with Crippen LogP contribution in [0.25, 0.3) is 0 Å². The molecule has 2 aromatic rings. The molecule has 0 unspecified atom stereocenters. The summed E-state index contributed by atoms with van der Waals surface area (Å²) >= 11 is 0. The molecule has 0 saturated carbocycles. The van der Waals surface area contributed by atoms with Crippen LogP contribution < -0.4 is 11.1 Å². The van der Waals surface area contributed by atoms with Crippen LogP contribution in [0.15, 0.2) is 37.2 Å². The average molecular weight is 283 g/mol. The number of nitrogens with two attached hydrogens (primary N) is 1. The summed E-state index contributed by atoms with van der Waals surface area (Å²) in [5.74, 6) is 5.45. The molecule has 1 amide bonds. The van der Waals surface area contributed by atoms with Gasteiger partial charge in [0, 0.05) is 43.4 Å². The maximum Gasteiger partial charge on any atom is 0.252 e. The molecule has 21 heavy (non-hydrogen) atoms. The summed E-state index contributed by atoms with van der Waals surface area (Å²) in [6.45, 7) is 1.70. The molecule has 0 radical (unpaired) electrons. The summed E-state index contributed by atoms with van der Waals surface area (Å²) in [5.41, 5.74) is 6.50. The lowest BCUT2D eigenvalue weighted by molar-refractivity contribution is 0.0952. The van der Waals surface area contributed by atoms with Crippen molar-refractivity contribution in [2.75, 3.05) is 13.1 Å². The largest absolute Gasteiger partial charge is 0.352 e. The number of hydrogen-bond acceptors (Lipinski definition) is 4. The second-order valence-electron chi connectivity index (χ2n) is 4.38. The van der Waals surface area contributed by atoms with Crippen LogP contribution >= 0.6 is 0 Å². The van der Waals surface area contributed by atoms with E-state index in [2.05, 4.69) is 27.1 Å². The van der Waals surface area contributed by atoms with Crippen molar-refractivity contribution in [2.45, 2.75) is 13.0 Å². The molecule has 0 bridgehead atoms. The van der Waals surface area contributed by atoms with Crippen molar-refractivity contribution in [1.29, 1.82) is 0 Å². The second kappa shape index (κ2) is 7.82.